The third-order valence-electron chi connectivity index (χ3n) is 5.40. The van der Waals surface area contributed by atoms with Crippen molar-refractivity contribution in [3.05, 3.63) is 29.8 Å². The highest BCUT2D eigenvalue weighted by molar-refractivity contribution is 14.0. The van der Waals surface area contributed by atoms with Crippen LogP contribution >= 0.6 is 24.0 Å². The smallest absolute Gasteiger partial charge is 0.225 e. The second-order valence-corrected chi connectivity index (χ2v) is 9.57. The largest absolute Gasteiger partial charge is 0.357 e. The first kappa shape index (κ1) is 24.9. The standard InChI is InChI=1S/C20H31N5O3S.HI/c1-2-21-20(22-10-11-29(27,28)24-13-15-6-5-7-15)23-14-16-12-19(26)25-18-9-4-3-8-17(16)18;/h3-4,8-9,15-16,24H,2,5-7,10-14H2,1H3,(H,25,26)(H2,21,22,23);1H. The number of amides is 1. The van der Waals surface area contributed by atoms with E-state index in [1.165, 1.54) is 6.42 Å². The normalized spacial score (nSPS) is 19.2. The van der Waals surface area contributed by atoms with E-state index in [2.05, 4.69) is 25.7 Å². The Morgan fingerprint density at radius 3 is 2.70 bits per heavy atom. The van der Waals surface area contributed by atoms with Gasteiger partial charge < -0.3 is 16.0 Å². The fraction of sp³-hybridized carbons (Fsp3) is 0.600. The zero-order valence-corrected chi connectivity index (χ0v) is 20.5. The van der Waals surface area contributed by atoms with Crippen LogP contribution in [0.4, 0.5) is 5.69 Å². The minimum Gasteiger partial charge on any atom is -0.357 e. The van der Waals surface area contributed by atoms with E-state index in [1.54, 1.807) is 0 Å². The number of sulfonamides is 1. The number of hydrogen-bond acceptors (Lipinski definition) is 4. The molecule has 0 saturated heterocycles. The van der Waals surface area contributed by atoms with Gasteiger partial charge in [0.25, 0.3) is 0 Å². The molecule has 0 bridgehead atoms. The summed E-state index contributed by atoms with van der Waals surface area (Å²) in [5, 5.41) is 9.11. The zero-order chi connectivity index (χ0) is 20.7. The second kappa shape index (κ2) is 11.8. The number of nitrogens with zero attached hydrogens (tertiary/aromatic N) is 1. The van der Waals surface area contributed by atoms with E-state index in [1.807, 2.05) is 31.2 Å². The molecule has 10 heteroatoms. The maximum atomic E-state index is 12.1. The van der Waals surface area contributed by atoms with Crippen LogP contribution in [0.2, 0.25) is 0 Å². The minimum absolute atomic E-state index is 0. The molecule has 8 nitrogen and oxygen atoms in total. The molecule has 0 aromatic heterocycles. The molecule has 30 heavy (non-hydrogen) atoms. The molecule has 1 aliphatic heterocycles. The van der Waals surface area contributed by atoms with Gasteiger partial charge in [-0.3, -0.25) is 9.79 Å². The summed E-state index contributed by atoms with van der Waals surface area (Å²) in [5.74, 6) is 1.05. The summed E-state index contributed by atoms with van der Waals surface area (Å²) in [6.45, 7) is 3.89. The van der Waals surface area contributed by atoms with Gasteiger partial charge in [-0.05, 0) is 37.3 Å². The Labute approximate surface area is 196 Å². The highest BCUT2D eigenvalue weighted by Crippen LogP contribution is 2.32. The van der Waals surface area contributed by atoms with Crippen LogP contribution in [0.1, 0.15) is 44.1 Å². The number of rotatable bonds is 9. The van der Waals surface area contributed by atoms with Crippen molar-refractivity contribution in [2.45, 2.75) is 38.5 Å². The topological polar surface area (TPSA) is 112 Å². The van der Waals surface area contributed by atoms with Crippen molar-refractivity contribution in [2.24, 2.45) is 10.9 Å². The molecule has 4 N–H and O–H groups in total. The Kier molecular flexibility index (Phi) is 9.82. The number of benzene rings is 1. The van der Waals surface area contributed by atoms with Crippen LogP contribution in [0.25, 0.3) is 0 Å². The monoisotopic (exact) mass is 549 g/mol. The van der Waals surface area contributed by atoms with Crippen LogP contribution in [0.5, 0.6) is 0 Å². The highest BCUT2D eigenvalue weighted by atomic mass is 127. The van der Waals surface area contributed by atoms with Crippen LogP contribution in [-0.4, -0.2) is 52.2 Å². The van der Waals surface area contributed by atoms with Gasteiger partial charge in [0.15, 0.2) is 5.96 Å². The van der Waals surface area contributed by atoms with Gasteiger partial charge >= 0.3 is 0 Å². The van der Waals surface area contributed by atoms with Crippen molar-refractivity contribution in [1.82, 2.24) is 15.4 Å². The van der Waals surface area contributed by atoms with Gasteiger partial charge in [-0.25, -0.2) is 13.1 Å². The first-order chi connectivity index (χ1) is 14.0. The predicted octanol–water partition coefficient (Wildman–Crippen LogP) is 2.00. The fourth-order valence-electron chi connectivity index (χ4n) is 3.53. The second-order valence-electron chi connectivity index (χ2n) is 7.65. The lowest BCUT2D eigenvalue weighted by molar-refractivity contribution is -0.116. The number of aliphatic imine (C=N–C) groups is 1. The van der Waals surface area contributed by atoms with E-state index < -0.39 is 10.0 Å². The van der Waals surface area contributed by atoms with Gasteiger partial charge in [0.2, 0.25) is 15.9 Å². The number of fused-ring (bicyclic) bond motifs is 1. The van der Waals surface area contributed by atoms with Crippen LogP contribution in [0.3, 0.4) is 0 Å². The van der Waals surface area contributed by atoms with Gasteiger partial charge in [-0.15, -0.1) is 24.0 Å². The van der Waals surface area contributed by atoms with Crippen molar-refractivity contribution >= 4 is 51.6 Å². The molecule has 1 fully saturated rings. The van der Waals surface area contributed by atoms with Crippen molar-refractivity contribution in [2.75, 3.05) is 37.2 Å². The van der Waals surface area contributed by atoms with Gasteiger partial charge in [-0.2, -0.15) is 0 Å². The average molecular weight is 549 g/mol. The summed E-state index contributed by atoms with van der Waals surface area (Å²) in [6.07, 6.45) is 3.81. The van der Waals surface area contributed by atoms with E-state index >= 15 is 0 Å². The molecule has 1 heterocycles. The molecule has 1 amide bonds. The molecule has 0 radical (unpaired) electrons. The summed E-state index contributed by atoms with van der Waals surface area (Å²) in [4.78, 5) is 16.5. The molecule has 1 unspecified atom stereocenters. The lowest BCUT2D eigenvalue weighted by Crippen LogP contribution is -2.42. The molecule has 1 aliphatic carbocycles. The molecular formula is C20H32IN5O3S. The minimum atomic E-state index is -3.29. The summed E-state index contributed by atoms with van der Waals surface area (Å²) < 4.78 is 27.0. The number of halogens is 1. The van der Waals surface area contributed by atoms with Crippen molar-refractivity contribution in [1.29, 1.82) is 0 Å². The van der Waals surface area contributed by atoms with E-state index in [0.717, 1.165) is 24.1 Å². The number of anilines is 1. The number of para-hydroxylation sites is 1. The molecule has 1 atom stereocenters. The molecule has 2 aliphatic rings. The van der Waals surface area contributed by atoms with Crippen LogP contribution in [0.15, 0.2) is 29.3 Å². The molecule has 0 spiro atoms. The Morgan fingerprint density at radius 1 is 1.23 bits per heavy atom. The SMILES string of the molecule is CCNC(=NCC1CC(=O)Nc2ccccc21)NCCS(=O)(=O)NCC1CCC1.I. The third kappa shape index (κ3) is 7.38. The number of guanidine groups is 1. The molecule has 1 saturated carbocycles. The first-order valence-corrected chi connectivity index (χ1v) is 12.0. The number of hydrogen-bond donors (Lipinski definition) is 4. The molecule has 168 valence electrons. The summed E-state index contributed by atoms with van der Waals surface area (Å²) in [7, 11) is -3.29. The van der Waals surface area contributed by atoms with Gasteiger partial charge in [0.1, 0.15) is 0 Å². The van der Waals surface area contributed by atoms with Crippen molar-refractivity contribution in [3.63, 3.8) is 0 Å². The molecule has 3 rings (SSSR count). The Hall–Kier alpha value is -1.40. The maximum Gasteiger partial charge on any atom is 0.225 e. The van der Waals surface area contributed by atoms with Crippen molar-refractivity contribution < 1.29 is 13.2 Å². The Morgan fingerprint density at radius 2 is 2.00 bits per heavy atom. The van der Waals surface area contributed by atoms with Crippen molar-refractivity contribution in [3.8, 4) is 0 Å². The van der Waals surface area contributed by atoms with E-state index in [4.69, 9.17) is 0 Å². The van der Waals surface area contributed by atoms with E-state index in [-0.39, 0.29) is 48.1 Å². The number of carbonyl (C=O) groups is 1. The Balaban J connectivity index is 0.00000320. The predicted molar refractivity (Wildman–Crippen MR) is 131 cm³/mol. The summed E-state index contributed by atoms with van der Waals surface area (Å²) >= 11 is 0. The number of nitrogens with one attached hydrogen (secondary N) is 4. The molecule has 1 aromatic carbocycles. The zero-order valence-electron chi connectivity index (χ0n) is 17.3. The first-order valence-electron chi connectivity index (χ1n) is 10.3. The quantitative estimate of drug-likeness (QED) is 0.214. The summed E-state index contributed by atoms with van der Waals surface area (Å²) in [5.41, 5.74) is 1.92. The van der Waals surface area contributed by atoms with E-state index in [0.29, 0.717) is 37.9 Å². The highest BCUT2D eigenvalue weighted by Gasteiger charge is 2.24. The van der Waals surface area contributed by atoms with Gasteiger partial charge in [0, 0.05) is 37.7 Å². The number of carbonyl (C=O) groups excluding carboxylic acids is 1. The fourth-order valence-corrected chi connectivity index (χ4v) is 4.53. The lowest BCUT2D eigenvalue weighted by Gasteiger charge is -2.25. The van der Waals surface area contributed by atoms with Gasteiger partial charge in [-0.1, -0.05) is 24.6 Å². The third-order valence-corrected chi connectivity index (χ3v) is 6.75. The molecule has 1 aromatic rings. The molecular weight excluding hydrogens is 517 g/mol. The van der Waals surface area contributed by atoms with Gasteiger partial charge in [0.05, 0.1) is 12.3 Å². The average Bonchev–Trinajstić information content (AvgIpc) is 2.64. The van der Waals surface area contributed by atoms with Crippen LogP contribution < -0.4 is 20.7 Å². The van der Waals surface area contributed by atoms with Crippen LogP contribution in [0, 0.1) is 5.92 Å². The Bertz CT molecular complexity index is 843. The van der Waals surface area contributed by atoms with Crippen LogP contribution in [-0.2, 0) is 14.8 Å². The summed E-state index contributed by atoms with van der Waals surface area (Å²) in [6, 6.07) is 7.76. The lowest BCUT2D eigenvalue weighted by atomic mass is 9.86. The van der Waals surface area contributed by atoms with E-state index in [9.17, 15) is 13.2 Å². The maximum absolute atomic E-state index is 12.1.